The first kappa shape index (κ1) is 14.5. The minimum Gasteiger partial charge on any atom is -0.380 e. The van der Waals surface area contributed by atoms with Crippen molar-refractivity contribution >= 4 is 15.9 Å². The van der Waals surface area contributed by atoms with Gasteiger partial charge in [0.05, 0.1) is 6.61 Å². The van der Waals surface area contributed by atoms with Gasteiger partial charge in [-0.05, 0) is 31.7 Å². The quantitative estimate of drug-likeness (QED) is 0.477. The standard InChI is InChI=1S/C13H26BrNO/c1-12(2)11-16-10-9-15(8-4-7-14)13-5-3-6-13/h12-13H,3-11H2,1-2H3. The van der Waals surface area contributed by atoms with Crippen LogP contribution in [0, 0.1) is 5.92 Å². The molecule has 1 saturated carbocycles. The zero-order valence-corrected chi connectivity index (χ0v) is 12.3. The molecule has 1 aliphatic carbocycles. The van der Waals surface area contributed by atoms with Crippen LogP contribution in [0.15, 0.2) is 0 Å². The molecule has 2 nitrogen and oxygen atoms in total. The third-order valence-corrected chi connectivity index (χ3v) is 3.70. The zero-order valence-electron chi connectivity index (χ0n) is 10.8. The second kappa shape index (κ2) is 8.48. The highest BCUT2D eigenvalue weighted by Gasteiger charge is 2.23. The van der Waals surface area contributed by atoms with Gasteiger partial charge in [-0.2, -0.15) is 0 Å². The summed E-state index contributed by atoms with van der Waals surface area (Å²) >= 11 is 3.51. The average Bonchev–Trinajstić information content (AvgIpc) is 2.17. The minimum atomic E-state index is 0.652. The molecule has 1 rings (SSSR count). The van der Waals surface area contributed by atoms with Crippen molar-refractivity contribution in [3.8, 4) is 0 Å². The van der Waals surface area contributed by atoms with E-state index in [1.807, 2.05) is 0 Å². The van der Waals surface area contributed by atoms with E-state index in [-0.39, 0.29) is 0 Å². The monoisotopic (exact) mass is 291 g/mol. The van der Waals surface area contributed by atoms with Crippen LogP contribution in [0.3, 0.4) is 0 Å². The third kappa shape index (κ3) is 5.65. The van der Waals surface area contributed by atoms with Crippen molar-refractivity contribution in [3.63, 3.8) is 0 Å². The molecule has 0 aromatic carbocycles. The molecule has 0 amide bonds. The summed E-state index contributed by atoms with van der Waals surface area (Å²) in [6.45, 7) is 8.54. The van der Waals surface area contributed by atoms with E-state index in [1.54, 1.807) is 0 Å². The van der Waals surface area contributed by atoms with Crippen molar-refractivity contribution in [2.24, 2.45) is 5.92 Å². The molecular weight excluding hydrogens is 266 g/mol. The first-order chi connectivity index (χ1) is 7.74. The van der Waals surface area contributed by atoms with Gasteiger partial charge in [-0.15, -0.1) is 0 Å². The highest BCUT2D eigenvalue weighted by atomic mass is 79.9. The van der Waals surface area contributed by atoms with Gasteiger partial charge >= 0.3 is 0 Å². The Morgan fingerprint density at radius 3 is 2.56 bits per heavy atom. The fourth-order valence-corrected chi connectivity index (χ4v) is 2.24. The largest absolute Gasteiger partial charge is 0.380 e. The molecule has 16 heavy (non-hydrogen) atoms. The molecule has 0 saturated heterocycles. The van der Waals surface area contributed by atoms with E-state index in [4.69, 9.17) is 4.74 Å². The van der Waals surface area contributed by atoms with Crippen LogP contribution in [0.5, 0.6) is 0 Å². The van der Waals surface area contributed by atoms with E-state index in [0.717, 1.165) is 31.1 Å². The SMILES string of the molecule is CC(C)COCCN(CCCBr)C1CCC1. The molecule has 0 atom stereocenters. The molecule has 3 heteroatoms. The van der Waals surface area contributed by atoms with Gasteiger partial charge in [-0.3, -0.25) is 4.90 Å². The van der Waals surface area contributed by atoms with Crippen molar-refractivity contribution in [1.29, 1.82) is 0 Å². The highest BCUT2D eigenvalue weighted by molar-refractivity contribution is 9.09. The van der Waals surface area contributed by atoms with E-state index in [1.165, 1.54) is 32.2 Å². The molecule has 0 radical (unpaired) electrons. The molecule has 0 spiro atoms. The summed E-state index contributed by atoms with van der Waals surface area (Å²) in [5, 5.41) is 1.11. The van der Waals surface area contributed by atoms with Crippen molar-refractivity contribution < 1.29 is 4.74 Å². The average molecular weight is 292 g/mol. The second-order valence-corrected chi connectivity index (χ2v) is 5.92. The summed E-state index contributed by atoms with van der Waals surface area (Å²) in [5.41, 5.74) is 0. The van der Waals surface area contributed by atoms with Gasteiger partial charge in [0.15, 0.2) is 0 Å². The molecule has 1 fully saturated rings. The smallest absolute Gasteiger partial charge is 0.0593 e. The van der Waals surface area contributed by atoms with E-state index >= 15 is 0 Å². The Balaban J connectivity index is 2.11. The first-order valence-electron chi connectivity index (χ1n) is 6.61. The van der Waals surface area contributed by atoms with Crippen LogP contribution in [-0.4, -0.2) is 42.6 Å². The van der Waals surface area contributed by atoms with Crippen LogP contribution in [-0.2, 0) is 4.74 Å². The number of ether oxygens (including phenoxy) is 1. The maximum atomic E-state index is 5.67. The van der Waals surface area contributed by atoms with Crippen LogP contribution in [0.25, 0.3) is 0 Å². The number of nitrogens with zero attached hydrogens (tertiary/aromatic N) is 1. The lowest BCUT2D eigenvalue weighted by molar-refractivity contribution is 0.0544. The van der Waals surface area contributed by atoms with Gasteiger partial charge in [0.2, 0.25) is 0 Å². The minimum absolute atomic E-state index is 0.652. The Bertz CT molecular complexity index is 171. The van der Waals surface area contributed by atoms with Crippen molar-refractivity contribution in [2.45, 2.75) is 45.6 Å². The van der Waals surface area contributed by atoms with Crippen molar-refractivity contribution in [2.75, 3.05) is 31.6 Å². The summed E-state index contributed by atoms with van der Waals surface area (Å²) in [5.74, 6) is 0.652. The van der Waals surface area contributed by atoms with Crippen LogP contribution in [0.4, 0.5) is 0 Å². The molecule has 1 aliphatic rings. The number of alkyl halides is 1. The fourth-order valence-electron chi connectivity index (χ4n) is 1.99. The first-order valence-corrected chi connectivity index (χ1v) is 7.74. The zero-order chi connectivity index (χ0) is 11.8. The summed E-state index contributed by atoms with van der Waals surface area (Å²) in [7, 11) is 0. The topological polar surface area (TPSA) is 12.5 Å². The van der Waals surface area contributed by atoms with E-state index in [2.05, 4.69) is 34.7 Å². The second-order valence-electron chi connectivity index (χ2n) is 5.13. The normalized spacial score (nSPS) is 17.1. The van der Waals surface area contributed by atoms with Gasteiger partial charge < -0.3 is 4.74 Å². The van der Waals surface area contributed by atoms with Crippen LogP contribution in [0.2, 0.25) is 0 Å². The third-order valence-electron chi connectivity index (χ3n) is 3.14. The predicted octanol–water partition coefficient (Wildman–Crippen LogP) is 3.30. The van der Waals surface area contributed by atoms with E-state index < -0.39 is 0 Å². The lowest BCUT2D eigenvalue weighted by Gasteiger charge is -2.37. The van der Waals surface area contributed by atoms with Crippen molar-refractivity contribution in [1.82, 2.24) is 4.90 Å². The molecule has 0 heterocycles. The summed E-state index contributed by atoms with van der Waals surface area (Å²) in [6, 6.07) is 0.849. The predicted molar refractivity (Wildman–Crippen MR) is 73.3 cm³/mol. The van der Waals surface area contributed by atoms with Crippen molar-refractivity contribution in [3.05, 3.63) is 0 Å². The van der Waals surface area contributed by atoms with Gasteiger partial charge in [-0.25, -0.2) is 0 Å². The molecule has 0 unspecified atom stereocenters. The molecule has 0 bridgehead atoms. The van der Waals surface area contributed by atoms with E-state index in [9.17, 15) is 0 Å². The number of rotatable bonds is 9. The highest BCUT2D eigenvalue weighted by Crippen LogP contribution is 2.24. The number of hydrogen-bond donors (Lipinski definition) is 0. The molecule has 0 aliphatic heterocycles. The molecule has 0 aromatic rings. The Hall–Kier alpha value is 0.400. The molecular formula is C13H26BrNO. The lowest BCUT2D eigenvalue weighted by atomic mass is 9.91. The maximum absolute atomic E-state index is 5.67. The molecule has 0 aromatic heterocycles. The van der Waals surface area contributed by atoms with Gasteiger partial charge in [0.25, 0.3) is 0 Å². The van der Waals surface area contributed by atoms with E-state index in [0.29, 0.717) is 5.92 Å². The molecule has 0 N–H and O–H groups in total. The van der Waals surface area contributed by atoms with Crippen LogP contribution >= 0.6 is 15.9 Å². The summed E-state index contributed by atoms with van der Waals surface area (Å²) in [4.78, 5) is 2.62. The lowest BCUT2D eigenvalue weighted by Crippen LogP contribution is -2.42. The van der Waals surface area contributed by atoms with Crippen LogP contribution < -0.4 is 0 Å². The Morgan fingerprint density at radius 1 is 1.31 bits per heavy atom. The maximum Gasteiger partial charge on any atom is 0.0593 e. The van der Waals surface area contributed by atoms with Gasteiger partial charge in [0, 0.05) is 24.5 Å². The molecule has 96 valence electrons. The summed E-state index contributed by atoms with van der Waals surface area (Å²) < 4.78 is 5.67. The van der Waals surface area contributed by atoms with Crippen LogP contribution in [0.1, 0.15) is 39.5 Å². The summed E-state index contributed by atoms with van der Waals surface area (Å²) in [6.07, 6.45) is 5.46. The Morgan fingerprint density at radius 2 is 2.06 bits per heavy atom. The Labute approximate surface area is 109 Å². The Kier molecular flexibility index (Phi) is 7.67. The van der Waals surface area contributed by atoms with Gasteiger partial charge in [0.1, 0.15) is 0 Å². The number of halogens is 1. The number of hydrogen-bond acceptors (Lipinski definition) is 2. The fraction of sp³-hybridized carbons (Fsp3) is 1.00. The van der Waals surface area contributed by atoms with Gasteiger partial charge in [-0.1, -0.05) is 36.2 Å².